The summed E-state index contributed by atoms with van der Waals surface area (Å²) in [4.78, 5) is 25.2. The van der Waals surface area contributed by atoms with Crippen LogP contribution in [-0.2, 0) is 9.59 Å². The average Bonchev–Trinajstić information content (AvgIpc) is 2.71. The van der Waals surface area contributed by atoms with Gasteiger partial charge in [0, 0.05) is 12.3 Å². The predicted molar refractivity (Wildman–Crippen MR) is 122 cm³/mol. The van der Waals surface area contributed by atoms with Crippen LogP contribution in [0.1, 0.15) is 99.3 Å². The van der Waals surface area contributed by atoms with E-state index in [0.717, 1.165) is 24.8 Å². The summed E-state index contributed by atoms with van der Waals surface area (Å²) in [6.07, 6.45) is 8.62. The quantitative estimate of drug-likeness (QED) is 0.525. The lowest BCUT2D eigenvalue weighted by Gasteiger charge is -2.72. The number of Topliss-reactive ketones (excluding diaryl/α,β-unsaturated/α-hetero) is 2. The van der Waals surface area contributed by atoms with Gasteiger partial charge in [-0.3, -0.25) is 9.59 Å². The number of aliphatic hydroxyl groups is 1. The molecule has 0 radical (unpaired) electrons. The van der Waals surface area contributed by atoms with E-state index in [4.69, 9.17) is 0 Å². The van der Waals surface area contributed by atoms with E-state index < -0.39 is 6.10 Å². The Bertz CT molecular complexity index is 871. The Morgan fingerprint density at radius 2 is 1.55 bits per heavy atom. The molecule has 5 rings (SSSR count). The number of hydrogen-bond acceptors (Lipinski definition) is 3. The lowest BCUT2D eigenvalue weighted by molar-refractivity contribution is -0.226. The van der Waals surface area contributed by atoms with E-state index in [-0.39, 0.29) is 33.4 Å². The third-order valence-corrected chi connectivity index (χ3v) is 12.1. The number of carbonyl (C=O) groups excluding carboxylic acids is 2. The fourth-order valence-corrected chi connectivity index (χ4v) is 9.98. The van der Waals surface area contributed by atoms with Gasteiger partial charge in [0.25, 0.3) is 0 Å². The van der Waals surface area contributed by atoms with E-state index in [1.54, 1.807) is 0 Å². The molecule has 172 valence electrons. The molecule has 0 aliphatic heterocycles. The Morgan fingerprint density at radius 1 is 0.903 bits per heavy atom. The molecular weight excluding hydrogens is 384 g/mol. The van der Waals surface area contributed by atoms with E-state index >= 15 is 0 Å². The van der Waals surface area contributed by atoms with E-state index in [9.17, 15) is 14.7 Å². The van der Waals surface area contributed by atoms with E-state index in [2.05, 4.69) is 34.6 Å². The summed E-state index contributed by atoms with van der Waals surface area (Å²) >= 11 is 0. The Labute approximate surface area is 188 Å². The van der Waals surface area contributed by atoms with Crippen molar-refractivity contribution in [3.8, 4) is 0 Å². The van der Waals surface area contributed by atoms with Crippen LogP contribution in [-0.4, -0.2) is 22.8 Å². The average molecular weight is 427 g/mol. The van der Waals surface area contributed by atoms with Crippen molar-refractivity contribution in [2.75, 3.05) is 0 Å². The van der Waals surface area contributed by atoms with Crippen molar-refractivity contribution in [3.05, 3.63) is 11.1 Å². The summed E-state index contributed by atoms with van der Waals surface area (Å²) in [6, 6.07) is 0. The largest absolute Gasteiger partial charge is 0.385 e. The number of aliphatic hydroxyl groups excluding tert-OH is 1. The van der Waals surface area contributed by atoms with Gasteiger partial charge >= 0.3 is 0 Å². The number of rotatable bonds is 0. The fraction of sp³-hybridized carbons (Fsp3) is 0.857. The van der Waals surface area contributed by atoms with Gasteiger partial charge in [0.15, 0.2) is 5.78 Å². The molecule has 0 amide bonds. The van der Waals surface area contributed by atoms with Gasteiger partial charge in [-0.05, 0) is 103 Å². The monoisotopic (exact) mass is 426 g/mol. The van der Waals surface area contributed by atoms with Gasteiger partial charge in [0.1, 0.15) is 11.9 Å². The van der Waals surface area contributed by atoms with Crippen LogP contribution in [0.3, 0.4) is 0 Å². The SMILES string of the molecule is CC1=C2CCC3C(C)(CCC4(C)C5CC(C)C(=O)CC5(C)CCC34C)C2CC(O)C1=O. The smallest absolute Gasteiger partial charge is 0.186 e. The normalized spacial score (nSPS) is 54.6. The van der Waals surface area contributed by atoms with E-state index in [1.807, 2.05) is 6.92 Å². The van der Waals surface area contributed by atoms with Gasteiger partial charge in [-0.1, -0.05) is 40.2 Å². The first-order valence-corrected chi connectivity index (χ1v) is 12.8. The third kappa shape index (κ3) is 2.62. The third-order valence-electron chi connectivity index (χ3n) is 12.1. The van der Waals surface area contributed by atoms with Crippen LogP contribution in [0.2, 0.25) is 0 Å². The Morgan fingerprint density at radius 3 is 2.26 bits per heavy atom. The highest BCUT2D eigenvalue weighted by atomic mass is 16.3. The first kappa shape index (κ1) is 21.9. The van der Waals surface area contributed by atoms with Gasteiger partial charge in [0.05, 0.1) is 0 Å². The predicted octanol–water partition coefficient (Wildman–Crippen LogP) is 5.89. The molecule has 0 saturated heterocycles. The minimum Gasteiger partial charge on any atom is -0.385 e. The lowest BCUT2D eigenvalue weighted by Crippen LogP contribution is -2.66. The summed E-state index contributed by atoms with van der Waals surface area (Å²) in [5.74, 6) is 2.24. The summed E-state index contributed by atoms with van der Waals surface area (Å²) in [6.45, 7) is 14.2. The van der Waals surface area contributed by atoms with Crippen molar-refractivity contribution in [1.82, 2.24) is 0 Å². The summed E-state index contributed by atoms with van der Waals surface area (Å²) < 4.78 is 0. The summed E-state index contributed by atoms with van der Waals surface area (Å²) in [5.41, 5.74) is 3.06. The molecule has 3 nitrogen and oxygen atoms in total. The van der Waals surface area contributed by atoms with E-state index in [0.29, 0.717) is 30.0 Å². The molecule has 31 heavy (non-hydrogen) atoms. The second kappa shape index (κ2) is 6.55. The Kier molecular flexibility index (Phi) is 4.62. The minimum absolute atomic E-state index is 0.0329. The van der Waals surface area contributed by atoms with Crippen molar-refractivity contribution >= 4 is 11.6 Å². The molecule has 0 bridgehead atoms. The number of fused-ring (bicyclic) bond motifs is 7. The minimum atomic E-state index is -0.815. The van der Waals surface area contributed by atoms with Crippen molar-refractivity contribution in [3.63, 3.8) is 0 Å². The molecule has 0 aromatic rings. The molecule has 4 saturated carbocycles. The van der Waals surface area contributed by atoms with Crippen LogP contribution in [0.25, 0.3) is 0 Å². The van der Waals surface area contributed by atoms with Gasteiger partial charge in [0.2, 0.25) is 0 Å². The van der Waals surface area contributed by atoms with Crippen molar-refractivity contribution < 1.29 is 14.7 Å². The highest BCUT2D eigenvalue weighted by Gasteiger charge is 2.69. The van der Waals surface area contributed by atoms with Gasteiger partial charge in [-0.25, -0.2) is 0 Å². The van der Waals surface area contributed by atoms with Gasteiger partial charge in [-0.2, -0.15) is 0 Å². The molecule has 1 N–H and O–H groups in total. The van der Waals surface area contributed by atoms with Crippen molar-refractivity contribution in [2.24, 2.45) is 45.3 Å². The zero-order valence-corrected chi connectivity index (χ0v) is 20.5. The van der Waals surface area contributed by atoms with Gasteiger partial charge < -0.3 is 5.11 Å². The van der Waals surface area contributed by atoms with Crippen LogP contribution < -0.4 is 0 Å². The van der Waals surface area contributed by atoms with Crippen molar-refractivity contribution in [2.45, 2.75) is 105 Å². The molecular formula is C28H42O3. The molecule has 0 aromatic carbocycles. The van der Waals surface area contributed by atoms with Crippen LogP contribution in [0.5, 0.6) is 0 Å². The lowest BCUT2D eigenvalue weighted by atomic mass is 9.32. The van der Waals surface area contributed by atoms with Gasteiger partial charge in [-0.15, -0.1) is 0 Å². The van der Waals surface area contributed by atoms with E-state index in [1.165, 1.54) is 37.7 Å². The standard InChI is InChI=1S/C28H42O3/c1-16-13-23-25(3,15-21(16)30)9-11-27(5)22-8-7-18-17(2)24(31)20(29)14-19(18)26(22,4)10-12-28(23,27)6/h16,19-20,22-23,29H,7-15H2,1-6H3. The maximum atomic E-state index is 12.7. The van der Waals surface area contributed by atoms with Crippen molar-refractivity contribution in [1.29, 1.82) is 0 Å². The topological polar surface area (TPSA) is 54.4 Å². The number of hydrogen-bond donors (Lipinski definition) is 1. The molecule has 4 fully saturated rings. The van der Waals surface area contributed by atoms with Crippen LogP contribution >= 0.6 is 0 Å². The molecule has 0 heterocycles. The molecule has 5 aliphatic rings. The number of carbonyl (C=O) groups is 2. The highest BCUT2D eigenvalue weighted by molar-refractivity contribution is 5.99. The number of ketones is 2. The molecule has 5 aliphatic carbocycles. The zero-order chi connectivity index (χ0) is 22.6. The maximum absolute atomic E-state index is 12.7. The highest BCUT2D eigenvalue weighted by Crippen LogP contribution is 2.76. The second-order valence-corrected chi connectivity index (χ2v) is 13.2. The summed E-state index contributed by atoms with van der Waals surface area (Å²) in [5, 5.41) is 10.6. The van der Waals surface area contributed by atoms with Crippen LogP contribution in [0.4, 0.5) is 0 Å². The Balaban J connectivity index is 1.56. The zero-order valence-electron chi connectivity index (χ0n) is 20.5. The molecule has 9 atom stereocenters. The second-order valence-electron chi connectivity index (χ2n) is 13.2. The number of allylic oxidation sites excluding steroid dienone is 1. The Hall–Kier alpha value is -0.960. The first-order valence-electron chi connectivity index (χ1n) is 12.8. The summed E-state index contributed by atoms with van der Waals surface area (Å²) in [7, 11) is 0. The molecule has 0 spiro atoms. The van der Waals surface area contributed by atoms with Crippen LogP contribution in [0.15, 0.2) is 11.1 Å². The maximum Gasteiger partial charge on any atom is 0.186 e. The first-order chi connectivity index (χ1) is 14.4. The molecule has 3 heteroatoms. The fourth-order valence-electron chi connectivity index (χ4n) is 9.98. The molecule has 9 unspecified atom stereocenters. The van der Waals surface area contributed by atoms with Crippen LogP contribution in [0, 0.1) is 45.3 Å². The molecule has 0 aromatic heterocycles.